The molecule has 2 rings (SSSR count). The average molecular weight is 233 g/mol. The first-order chi connectivity index (χ1) is 7.81. The van der Waals surface area contributed by atoms with Gasteiger partial charge in [-0.2, -0.15) is 0 Å². The summed E-state index contributed by atoms with van der Waals surface area (Å²) in [6.45, 7) is 9.88. The molecule has 0 amide bonds. The van der Waals surface area contributed by atoms with Gasteiger partial charge in [0.1, 0.15) is 5.76 Å². The van der Waals surface area contributed by atoms with E-state index in [4.69, 9.17) is 14.9 Å². The molecule has 1 aromatic heterocycles. The zero-order valence-electron chi connectivity index (χ0n) is 11.0. The highest BCUT2D eigenvalue weighted by atomic mass is 16.5. The van der Waals surface area contributed by atoms with Crippen LogP contribution in [0, 0.1) is 6.92 Å². The van der Waals surface area contributed by atoms with Crippen molar-refractivity contribution in [1.29, 1.82) is 0 Å². The quantitative estimate of drug-likeness (QED) is 0.808. The van der Waals surface area contributed by atoms with Crippen LogP contribution >= 0.6 is 0 Å². The van der Waals surface area contributed by atoms with Crippen LogP contribution in [0.1, 0.15) is 39.2 Å². The standard InChI is InChI=1S/C14H19NO2/c1-8(2)6-11-10(4)13-12(7-9(3)16-13)17-14(11,5)15/h6-7H,15H2,1-5H3. The summed E-state index contributed by atoms with van der Waals surface area (Å²) in [4.78, 5) is 0. The number of rotatable bonds is 1. The summed E-state index contributed by atoms with van der Waals surface area (Å²) in [6.07, 6.45) is 2.05. The second-order valence-electron chi connectivity index (χ2n) is 5.02. The maximum absolute atomic E-state index is 6.22. The summed E-state index contributed by atoms with van der Waals surface area (Å²) in [7, 11) is 0. The number of hydrogen-bond acceptors (Lipinski definition) is 3. The van der Waals surface area contributed by atoms with E-state index in [9.17, 15) is 0 Å². The lowest BCUT2D eigenvalue weighted by atomic mass is 9.94. The van der Waals surface area contributed by atoms with Gasteiger partial charge in [-0.15, -0.1) is 0 Å². The first-order valence-electron chi connectivity index (χ1n) is 5.76. The molecule has 1 aliphatic heterocycles. The van der Waals surface area contributed by atoms with Gasteiger partial charge in [0.15, 0.2) is 17.2 Å². The fourth-order valence-electron chi connectivity index (χ4n) is 2.15. The van der Waals surface area contributed by atoms with Crippen molar-refractivity contribution in [2.75, 3.05) is 0 Å². The van der Waals surface area contributed by atoms with Crippen molar-refractivity contribution in [1.82, 2.24) is 0 Å². The molecule has 0 fully saturated rings. The van der Waals surface area contributed by atoms with Gasteiger partial charge in [-0.1, -0.05) is 11.6 Å². The van der Waals surface area contributed by atoms with E-state index in [1.54, 1.807) is 0 Å². The minimum absolute atomic E-state index is 0.732. The highest BCUT2D eigenvalue weighted by Gasteiger charge is 2.34. The Labute approximate surface area is 102 Å². The zero-order valence-corrected chi connectivity index (χ0v) is 11.0. The molecule has 2 N–H and O–H groups in total. The predicted molar refractivity (Wildman–Crippen MR) is 68.7 cm³/mol. The highest BCUT2D eigenvalue weighted by molar-refractivity contribution is 5.74. The van der Waals surface area contributed by atoms with E-state index in [1.807, 2.05) is 40.7 Å². The lowest BCUT2D eigenvalue weighted by Crippen LogP contribution is -2.46. The normalized spacial score (nSPS) is 23.2. The van der Waals surface area contributed by atoms with Crippen molar-refractivity contribution in [2.45, 2.75) is 40.3 Å². The van der Waals surface area contributed by atoms with Gasteiger partial charge in [-0.3, -0.25) is 5.73 Å². The van der Waals surface area contributed by atoms with Crippen LogP contribution in [0.15, 0.2) is 27.7 Å². The van der Waals surface area contributed by atoms with Gasteiger partial charge in [-0.05, 0) is 34.6 Å². The maximum Gasteiger partial charge on any atom is 0.182 e. The molecule has 0 saturated heterocycles. The van der Waals surface area contributed by atoms with E-state index >= 15 is 0 Å². The Kier molecular flexibility index (Phi) is 2.66. The van der Waals surface area contributed by atoms with Crippen molar-refractivity contribution in [3.63, 3.8) is 0 Å². The maximum atomic E-state index is 6.22. The molecule has 0 saturated carbocycles. The molecular weight excluding hydrogens is 214 g/mol. The third-order valence-electron chi connectivity index (χ3n) is 2.86. The molecule has 0 spiro atoms. The molecule has 3 heteroatoms. The number of ether oxygens (including phenoxy) is 1. The molecule has 1 unspecified atom stereocenters. The Bertz CT molecular complexity index is 514. The molecule has 92 valence electrons. The minimum atomic E-state index is -0.801. The van der Waals surface area contributed by atoms with Gasteiger partial charge in [0.25, 0.3) is 0 Å². The molecule has 3 nitrogen and oxygen atoms in total. The lowest BCUT2D eigenvalue weighted by molar-refractivity contribution is 0.132. The number of furan rings is 1. The molecule has 17 heavy (non-hydrogen) atoms. The molecule has 0 aliphatic carbocycles. The van der Waals surface area contributed by atoms with Crippen LogP contribution in [0.25, 0.3) is 5.57 Å². The van der Waals surface area contributed by atoms with E-state index in [2.05, 4.69) is 6.08 Å². The third kappa shape index (κ3) is 2.03. The van der Waals surface area contributed by atoms with Crippen LogP contribution < -0.4 is 10.5 Å². The van der Waals surface area contributed by atoms with Crippen LogP contribution in [-0.4, -0.2) is 5.72 Å². The van der Waals surface area contributed by atoms with E-state index in [0.717, 1.165) is 28.4 Å². The minimum Gasteiger partial charge on any atom is -0.465 e. The molecule has 1 aliphatic rings. The Morgan fingerprint density at radius 1 is 1.35 bits per heavy atom. The highest BCUT2D eigenvalue weighted by Crippen LogP contribution is 2.41. The molecule has 1 aromatic rings. The molecule has 0 aromatic carbocycles. The van der Waals surface area contributed by atoms with Gasteiger partial charge in [0.05, 0.1) is 0 Å². The Morgan fingerprint density at radius 2 is 2.00 bits per heavy atom. The van der Waals surface area contributed by atoms with Crippen LogP contribution in [0.5, 0.6) is 5.75 Å². The van der Waals surface area contributed by atoms with Gasteiger partial charge < -0.3 is 9.15 Å². The third-order valence-corrected chi connectivity index (χ3v) is 2.86. The van der Waals surface area contributed by atoms with Crippen molar-refractivity contribution in [3.05, 3.63) is 34.8 Å². The van der Waals surface area contributed by atoms with Crippen molar-refractivity contribution in [2.24, 2.45) is 5.73 Å². The summed E-state index contributed by atoms with van der Waals surface area (Å²) >= 11 is 0. The molecule has 0 bridgehead atoms. The van der Waals surface area contributed by atoms with Gasteiger partial charge in [0, 0.05) is 17.2 Å². The second-order valence-corrected chi connectivity index (χ2v) is 5.02. The first kappa shape index (κ1) is 12.0. The SMILES string of the molecule is CC(C)=CC1=C(C)c2oc(C)cc2OC1(C)N. The van der Waals surface area contributed by atoms with Crippen LogP contribution in [0.2, 0.25) is 0 Å². The van der Waals surface area contributed by atoms with Crippen LogP contribution in [-0.2, 0) is 0 Å². The molecule has 1 atom stereocenters. The fourth-order valence-corrected chi connectivity index (χ4v) is 2.15. The Morgan fingerprint density at radius 3 is 2.59 bits per heavy atom. The predicted octanol–water partition coefficient (Wildman–Crippen LogP) is 3.40. The van der Waals surface area contributed by atoms with E-state index in [1.165, 1.54) is 5.57 Å². The molecule has 0 radical (unpaired) electrons. The largest absolute Gasteiger partial charge is 0.465 e. The van der Waals surface area contributed by atoms with Gasteiger partial charge >= 0.3 is 0 Å². The summed E-state index contributed by atoms with van der Waals surface area (Å²) in [5.41, 5.74) is 8.62. The first-order valence-corrected chi connectivity index (χ1v) is 5.76. The number of allylic oxidation sites excluding steroid dienone is 2. The van der Waals surface area contributed by atoms with Crippen LogP contribution in [0.3, 0.4) is 0 Å². The van der Waals surface area contributed by atoms with Crippen LogP contribution in [0.4, 0.5) is 0 Å². The summed E-state index contributed by atoms with van der Waals surface area (Å²) in [5, 5.41) is 0. The second kappa shape index (κ2) is 3.77. The van der Waals surface area contributed by atoms with Crippen molar-refractivity contribution < 1.29 is 9.15 Å². The Hall–Kier alpha value is -1.48. The molecule has 2 heterocycles. The van der Waals surface area contributed by atoms with Gasteiger partial charge in [0.2, 0.25) is 0 Å². The number of aryl methyl sites for hydroxylation is 1. The number of nitrogens with two attached hydrogens (primary N) is 1. The lowest BCUT2D eigenvalue weighted by Gasteiger charge is -2.32. The van der Waals surface area contributed by atoms with E-state index in [-0.39, 0.29) is 0 Å². The topological polar surface area (TPSA) is 48.4 Å². The summed E-state index contributed by atoms with van der Waals surface area (Å²) < 4.78 is 11.5. The van der Waals surface area contributed by atoms with Gasteiger partial charge in [-0.25, -0.2) is 0 Å². The summed E-state index contributed by atoms with van der Waals surface area (Å²) in [5.74, 6) is 2.36. The van der Waals surface area contributed by atoms with Crippen molar-refractivity contribution >= 4 is 5.57 Å². The molecular formula is C14H19NO2. The number of hydrogen-bond donors (Lipinski definition) is 1. The fraction of sp³-hybridized carbons (Fsp3) is 0.429. The van der Waals surface area contributed by atoms with Crippen molar-refractivity contribution in [3.8, 4) is 5.75 Å². The zero-order chi connectivity index (χ0) is 12.8. The summed E-state index contributed by atoms with van der Waals surface area (Å²) in [6, 6.07) is 1.88. The number of fused-ring (bicyclic) bond motifs is 1. The monoisotopic (exact) mass is 233 g/mol. The van der Waals surface area contributed by atoms with E-state index < -0.39 is 5.72 Å². The van der Waals surface area contributed by atoms with E-state index in [0.29, 0.717) is 0 Å². The Balaban J connectivity index is 2.64. The average Bonchev–Trinajstić information content (AvgIpc) is 2.52. The smallest absolute Gasteiger partial charge is 0.182 e.